The fraction of sp³-hybridized carbons (Fsp3) is 0.600. The number of hydrogen-bond acceptors (Lipinski definition) is 3. The van der Waals surface area contributed by atoms with Gasteiger partial charge >= 0.3 is 0 Å². The van der Waals surface area contributed by atoms with Gasteiger partial charge < -0.3 is 16.0 Å². The van der Waals surface area contributed by atoms with Crippen LogP contribution < -0.4 is 10.9 Å². The molecule has 1 aromatic rings. The summed E-state index contributed by atoms with van der Waals surface area (Å²) in [6, 6.07) is 6.41. The van der Waals surface area contributed by atoms with E-state index in [-0.39, 0.29) is 6.15 Å². The molecule has 102 valence electrons. The number of unbranched alkanes of at least 4 members (excludes halogenated alkanes) is 5. The zero-order chi connectivity index (χ0) is 11.9. The maximum absolute atomic E-state index is 8.64. The molecule has 0 fully saturated rings. The fourth-order valence-electron chi connectivity index (χ4n) is 2.07. The Bertz CT molecular complexity index is 352. The fourth-order valence-corrected chi connectivity index (χ4v) is 2.07. The molecule has 0 unspecified atom stereocenters. The number of rotatable bonds is 9. The molecule has 3 heteroatoms. The van der Waals surface area contributed by atoms with Gasteiger partial charge in [-0.05, 0) is 42.5 Å². The Morgan fingerprint density at radius 3 is 2.39 bits per heavy atom. The molecule has 0 spiro atoms. The maximum Gasteiger partial charge on any atom is 0.119 e. The van der Waals surface area contributed by atoms with Crippen LogP contribution in [0, 0.1) is 0 Å². The summed E-state index contributed by atoms with van der Waals surface area (Å²) in [5.74, 6) is 1.03. The molecule has 0 aliphatic heterocycles. The number of hydrogen-bond donors (Lipinski definition) is 2. The molecule has 3 nitrogen and oxygen atoms in total. The molecule has 1 aliphatic rings. The zero-order valence-electron chi connectivity index (χ0n) is 11.2. The third-order valence-electron chi connectivity index (χ3n) is 3.25. The summed E-state index contributed by atoms with van der Waals surface area (Å²) in [7, 11) is 0. The van der Waals surface area contributed by atoms with Crippen molar-refractivity contribution in [2.75, 3.05) is 13.2 Å². The average molecular weight is 251 g/mol. The lowest BCUT2D eigenvalue weighted by molar-refractivity contribution is 0.280. The highest BCUT2D eigenvalue weighted by atomic mass is 16.5. The van der Waals surface area contributed by atoms with E-state index in [4.69, 9.17) is 9.84 Å². The minimum Gasteiger partial charge on any atom is -0.494 e. The number of ether oxygens (including phenoxy) is 1. The molecule has 18 heavy (non-hydrogen) atoms. The van der Waals surface area contributed by atoms with Crippen molar-refractivity contribution < 1.29 is 9.84 Å². The van der Waals surface area contributed by atoms with Crippen molar-refractivity contribution in [3.8, 4) is 5.75 Å². The predicted octanol–water partition coefficient (Wildman–Crippen LogP) is 3.46. The maximum atomic E-state index is 8.64. The molecule has 1 aliphatic carbocycles. The van der Waals surface area contributed by atoms with Crippen molar-refractivity contribution >= 4 is 0 Å². The molecule has 0 heterocycles. The van der Waals surface area contributed by atoms with Gasteiger partial charge in [-0.15, -0.1) is 0 Å². The molecule has 0 radical (unpaired) electrons. The lowest BCUT2D eigenvalue weighted by Crippen LogP contribution is -1.96. The number of aliphatic hydroxyl groups is 1. The minimum absolute atomic E-state index is 0. The van der Waals surface area contributed by atoms with Crippen LogP contribution in [0.5, 0.6) is 5.75 Å². The zero-order valence-corrected chi connectivity index (χ0v) is 11.2. The number of fused-ring (bicyclic) bond motifs is 1. The lowest BCUT2D eigenvalue weighted by Gasteiger charge is -2.05. The number of aliphatic hydroxyl groups excluding tert-OH is 1. The third-order valence-corrected chi connectivity index (χ3v) is 3.25. The van der Waals surface area contributed by atoms with Gasteiger partial charge in [0.1, 0.15) is 5.75 Å². The van der Waals surface area contributed by atoms with E-state index in [0.717, 1.165) is 38.0 Å². The Labute approximate surface area is 110 Å². The van der Waals surface area contributed by atoms with Crippen molar-refractivity contribution in [3.63, 3.8) is 0 Å². The summed E-state index contributed by atoms with van der Waals surface area (Å²) in [4.78, 5) is 0. The third kappa shape index (κ3) is 5.07. The standard InChI is InChI=1S/C15H22O2.H3N/c16-9-5-3-1-2-4-6-10-17-15-8-7-13-11-14(13)12-15;/h7-8,12,16H,1-6,9-11H2;1H3. The first kappa shape index (κ1) is 15.0. The predicted molar refractivity (Wildman–Crippen MR) is 74.6 cm³/mol. The topological polar surface area (TPSA) is 64.5 Å². The first-order valence-corrected chi connectivity index (χ1v) is 6.75. The van der Waals surface area contributed by atoms with Crippen LogP contribution in [-0.2, 0) is 6.42 Å². The molecular formula is C15H25NO2. The Balaban J connectivity index is 0.00000162. The van der Waals surface area contributed by atoms with Crippen LogP contribution in [0.3, 0.4) is 0 Å². The van der Waals surface area contributed by atoms with Crippen LogP contribution in [-0.4, -0.2) is 18.3 Å². The highest BCUT2D eigenvalue weighted by Gasteiger charge is 2.16. The van der Waals surface area contributed by atoms with Gasteiger partial charge in [0, 0.05) is 6.61 Å². The first-order chi connectivity index (χ1) is 8.40. The SMILES string of the molecule is N.OCCCCCCCCOc1ccc2c(c1)C2. The molecule has 2 rings (SSSR count). The largest absolute Gasteiger partial charge is 0.494 e. The summed E-state index contributed by atoms with van der Waals surface area (Å²) in [5, 5.41) is 8.64. The van der Waals surface area contributed by atoms with Gasteiger partial charge in [0.2, 0.25) is 0 Å². The normalized spacial score (nSPS) is 11.6. The molecule has 0 saturated heterocycles. The summed E-state index contributed by atoms with van der Waals surface area (Å²) >= 11 is 0. The van der Waals surface area contributed by atoms with Gasteiger partial charge in [-0.1, -0.05) is 31.7 Å². The van der Waals surface area contributed by atoms with Crippen LogP contribution in [0.1, 0.15) is 49.7 Å². The monoisotopic (exact) mass is 251 g/mol. The Morgan fingerprint density at radius 1 is 0.944 bits per heavy atom. The second kappa shape index (κ2) is 8.11. The van der Waals surface area contributed by atoms with E-state index in [2.05, 4.69) is 18.2 Å². The molecule has 0 atom stereocenters. The van der Waals surface area contributed by atoms with E-state index in [1.807, 2.05) is 0 Å². The van der Waals surface area contributed by atoms with Crippen molar-refractivity contribution in [1.82, 2.24) is 6.15 Å². The Morgan fingerprint density at radius 2 is 1.67 bits per heavy atom. The summed E-state index contributed by atoms with van der Waals surface area (Å²) in [5.41, 5.74) is 2.92. The van der Waals surface area contributed by atoms with Crippen LogP contribution in [0.15, 0.2) is 18.2 Å². The van der Waals surface area contributed by atoms with E-state index in [1.165, 1.54) is 30.4 Å². The van der Waals surface area contributed by atoms with E-state index < -0.39 is 0 Å². The Kier molecular flexibility index (Phi) is 6.76. The summed E-state index contributed by atoms with van der Waals surface area (Å²) < 4.78 is 5.71. The quantitative estimate of drug-likeness (QED) is 0.671. The number of benzene rings is 1. The summed E-state index contributed by atoms with van der Waals surface area (Å²) in [6.45, 7) is 1.17. The summed E-state index contributed by atoms with van der Waals surface area (Å²) in [6.07, 6.45) is 8.13. The van der Waals surface area contributed by atoms with Gasteiger partial charge in [-0.25, -0.2) is 0 Å². The van der Waals surface area contributed by atoms with E-state index in [0.29, 0.717) is 6.61 Å². The van der Waals surface area contributed by atoms with E-state index >= 15 is 0 Å². The van der Waals surface area contributed by atoms with Gasteiger partial charge in [0.15, 0.2) is 0 Å². The smallest absolute Gasteiger partial charge is 0.119 e. The second-order valence-corrected chi connectivity index (χ2v) is 4.80. The van der Waals surface area contributed by atoms with Crippen LogP contribution in [0.4, 0.5) is 0 Å². The lowest BCUT2D eigenvalue weighted by atomic mass is 10.1. The van der Waals surface area contributed by atoms with Gasteiger partial charge in [0.05, 0.1) is 6.61 Å². The minimum atomic E-state index is 0. The molecule has 0 aromatic heterocycles. The van der Waals surface area contributed by atoms with Crippen LogP contribution in [0.2, 0.25) is 0 Å². The van der Waals surface area contributed by atoms with E-state index in [1.54, 1.807) is 0 Å². The molecule has 0 bridgehead atoms. The molecule has 4 N–H and O–H groups in total. The van der Waals surface area contributed by atoms with E-state index in [9.17, 15) is 0 Å². The second-order valence-electron chi connectivity index (χ2n) is 4.80. The molecule has 0 amide bonds. The van der Waals surface area contributed by atoms with Gasteiger partial charge in [-0.3, -0.25) is 0 Å². The first-order valence-electron chi connectivity index (χ1n) is 6.75. The van der Waals surface area contributed by atoms with Crippen molar-refractivity contribution in [3.05, 3.63) is 29.3 Å². The average Bonchev–Trinajstić information content (AvgIpc) is 3.11. The van der Waals surface area contributed by atoms with Gasteiger partial charge in [0.25, 0.3) is 0 Å². The van der Waals surface area contributed by atoms with Gasteiger partial charge in [-0.2, -0.15) is 0 Å². The van der Waals surface area contributed by atoms with Crippen molar-refractivity contribution in [1.29, 1.82) is 0 Å². The Hall–Kier alpha value is -1.06. The van der Waals surface area contributed by atoms with Crippen LogP contribution in [0.25, 0.3) is 0 Å². The molecular weight excluding hydrogens is 226 g/mol. The molecule has 0 saturated carbocycles. The highest BCUT2D eigenvalue weighted by molar-refractivity contribution is 5.49. The molecule has 1 aromatic carbocycles. The van der Waals surface area contributed by atoms with Crippen LogP contribution >= 0.6 is 0 Å². The van der Waals surface area contributed by atoms with Crippen molar-refractivity contribution in [2.24, 2.45) is 0 Å². The highest BCUT2D eigenvalue weighted by Crippen LogP contribution is 2.31. The van der Waals surface area contributed by atoms with Crippen molar-refractivity contribution in [2.45, 2.75) is 44.9 Å².